The predicted molar refractivity (Wildman–Crippen MR) is 68.3 cm³/mol. The Labute approximate surface area is 98.7 Å². The number of hydrogen-bond acceptors (Lipinski definition) is 2. The SMILES string of the molecule is CC(C)NC(CO)(c1ccccc1)C(C)C. The van der Waals surface area contributed by atoms with Gasteiger partial charge in [0.2, 0.25) is 0 Å². The van der Waals surface area contributed by atoms with Gasteiger partial charge in [-0.3, -0.25) is 0 Å². The van der Waals surface area contributed by atoms with Crippen molar-refractivity contribution in [3.8, 4) is 0 Å². The Bertz CT molecular complexity index is 308. The van der Waals surface area contributed by atoms with Gasteiger partial charge in [-0.05, 0) is 25.3 Å². The molecule has 90 valence electrons. The molecule has 1 unspecified atom stereocenters. The highest BCUT2D eigenvalue weighted by Crippen LogP contribution is 2.29. The van der Waals surface area contributed by atoms with Gasteiger partial charge in [0.25, 0.3) is 0 Å². The maximum absolute atomic E-state index is 9.79. The molecule has 0 aromatic heterocycles. The van der Waals surface area contributed by atoms with E-state index >= 15 is 0 Å². The molecule has 0 aliphatic heterocycles. The Morgan fingerprint density at radius 1 is 1.12 bits per heavy atom. The monoisotopic (exact) mass is 221 g/mol. The Morgan fingerprint density at radius 3 is 2.06 bits per heavy atom. The van der Waals surface area contributed by atoms with Crippen LogP contribution in [0.15, 0.2) is 30.3 Å². The third kappa shape index (κ3) is 2.63. The Balaban J connectivity index is 3.12. The van der Waals surface area contributed by atoms with E-state index in [1.807, 2.05) is 18.2 Å². The fourth-order valence-electron chi connectivity index (χ4n) is 2.15. The lowest BCUT2D eigenvalue weighted by Crippen LogP contribution is -2.52. The zero-order chi connectivity index (χ0) is 12.2. The molecule has 0 aliphatic rings. The molecular weight excluding hydrogens is 198 g/mol. The van der Waals surface area contributed by atoms with Crippen molar-refractivity contribution in [2.24, 2.45) is 5.92 Å². The molecule has 1 aromatic carbocycles. The second-order valence-electron chi connectivity index (χ2n) is 4.95. The third-order valence-corrected chi connectivity index (χ3v) is 3.07. The van der Waals surface area contributed by atoms with Crippen LogP contribution in [0, 0.1) is 5.92 Å². The standard InChI is InChI=1S/C14H23NO/c1-11(2)14(10-16,15-12(3)4)13-8-6-5-7-9-13/h5-9,11-12,15-16H,10H2,1-4H3. The van der Waals surface area contributed by atoms with Crippen molar-refractivity contribution < 1.29 is 5.11 Å². The lowest BCUT2D eigenvalue weighted by atomic mass is 9.80. The normalized spacial score (nSPS) is 15.4. The first-order chi connectivity index (χ1) is 7.53. The summed E-state index contributed by atoms with van der Waals surface area (Å²) >= 11 is 0. The first kappa shape index (κ1) is 13.2. The van der Waals surface area contributed by atoms with E-state index < -0.39 is 0 Å². The van der Waals surface area contributed by atoms with Crippen LogP contribution in [0.3, 0.4) is 0 Å². The molecule has 0 amide bonds. The van der Waals surface area contributed by atoms with Gasteiger partial charge in [-0.1, -0.05) is 44.2 Å². The lowest BCUT2D eigenvalue weighted by molar-refractivity contribution is 0.107. The van der Waals surface area contributed by atoms with Crippen LogP contribution in [-0.4, -0.2) is 17.8 Å². The smallest absolute Gasteiger partial charge is 0.0694 e. The summed E-state index contributed by atoms with van der Waals surface area (Å²) in [6.07, 6.45) is 0. The fourth-order valence-corrected chi connectivity index (χ4v) is 2.15. The van der Waals surface area contributed by atoms with Crippen LogP contribution in [0.5, 0.6) is 0 Å². The molecular formula is C14H23NO. The van der Waals surface area contributed by atoms with Crippen LogP contribution in [0.4, 0.5) is 0 Å². The molecule has 2 heteroatoms. The van der Waals surface area contributed by atoms with Gasteiger partial charge < -0.3 is 10.4 Å². The molecule has 2 nitrogen and oxygen atoms in total. The average molecular weight is 221 g/mol. The van der Waals surface area contributed by atoms with E-state index in [2.05, 4.69) is 45.1 Å². The Morgan fingerprint density at radius 2 is 1.69 bits per heavy atom. The molecule has 0 bridgehead atoms. The summed E-state index contributed by atoms with van der Waals surface area (Å²) < 4.78 is 0. The highest BCUT2D eigenvalue weighted by molar-refractivity contribution is 5.25. The number of benzene rings is 1. The lowest BCUT2D eigenvalue weighted by Gasteiger charge is -2.39. The zero-order valence-corrected chi connectivity index (χ0v) is 10.7. The summed E-state index contributed by atoms with van der Waals surface area (Å²) in [5, 5.41) is 13.3. The third-order valence-electron chi connectivity index (χ3n) is 3.07. The van der Waals surface area contributed by atoms with Crippen molar-refractivity contribution in [3.63, 3.8) is 0 Å². The van der Waals surface area contributed by atoms with Crippen molar-refractivity contribution in [2.45, 2.75) is 39.3 Å². The Hall–Kier alpha value is -0.860. The van der Waals surface area contributed by atoms with E-state index in [9.17, 15) is 5.11 Å². The van der Waals surface area contributed by atoms with E-state index in [0.29, 0.717) is 12.0 Å². The van der Waals surface area contributed by atoms with Crippen LogP contribution >= 0.6 is 0 Å². The van der Waals surface area contributed by atoms with Crippen LogP contribution in [-0.2, 0) is 5.54 Å². The molecule has 0 heterocycles. The van der Waals surface area contributed by atoms with Crippen molar-refractivity contribution in [3.05, 3.63) is 35.9 Å². The van der Waals surface area contributed by atoms with Gasteiger partial charge in [0, 0.05) is 6.04 Å². The van der Waals surface area contributed by atoms with Crippen molar-refractivity contribution in [1.82, 2.24) is 5.32 Å². The first-order valence-electron chi connectivity index (χ1n) is 5.97. The molecule has 0 saturated heterocycles. The topological polar surface area (TPSA) is 32.3 Å². The quantitative estimate of drug-likeness (QED) is 0.801. The van der Waals surface area contributed by atoms with Gasteiger partial charge in [-0.25, -0.2) is 0 Å². The summed E-state index contributed by atoms with van der Waals surface area (Å²) in [4.78, 5) is 0. The van der Waals surface area contributed by atoms with Crippen LogP contribution < -0.4 is 5.32 Å². The number of nitrogens with one attached hydrogen (secondary N) is 1. The van der Waals surface area contributed by atoms with Gasteiger partial charge in [0.05, 0.1) is 12.1 Å². The molecule has 1 rings (SSSR count). The van der Waals surface area contributed by atoms with Gasteiger partial charge in [-0.2, -0.15) is 0 Å². The summed E-state index contributed by atoms with van der Waals surface area (Å²) in [5.74, 6) is 0.335. The minimum absolute atomic E-state index is 0.118. The molecule has 0 radical (unpaired) electrons. The summed E-state index contributed by atoms with van der Waals surface area (Å²) in [6, 6.07) is 10.5. The van der Waals surface area contributed by atoms with Gasteiger partial charge in [0.1, 0.15) is 0 Å². The fraction of sp³-hybridized carbons (Fsp3) is 0.571. The molecule has 0 aliphatic carbocycles. The van der Waals surface area contributed by atoms with E-state index in [-0.39, 0.29) is 12.1 Å². The van der Waals surface area contributed by atoms with Crippen molar-refractivity contribution in [2.75, 3.05) is 6.61 Å². The van der Waals surface area contributed by atoms with E-state index in [1.54, 1.807) is 0 Å². The highest BCUT2D eigenvalue weighted by Gasteiger charge is 2.35. The number of aliphatic hydroxyl groups excluding tert-OH is 1. The summed E-state index contributed by atoms with van der Waals surface area (Å²) in [6.45, 7) is 8.61. The number of rotatable bonds is 5. The van der Waals surface area contributed by atoms with E-state index in [1.165, 1.54) is 0 Å². The maximum Gasteiger partial charge on any atom is 0.0694 e. The van der Waals surface area contributed by atoms with Gasteiger partial charge >= 0.3 is 0 Å². The van der Waals surface area contributed by atoms with Crippen LogP contribution in [0.1, 0.15) is 33.3 Å². The van der Waals surface area contributed by atoms with Gasteiger partial charge in [-0.15, -0.1) is 0 Å². The highest BCUT2D eigenvalue weighted by atomic mass is 16.3. The second-order valence-corrected chi connectivity index (χ2v) is 4.95. The van der Waals surface area contributed by atoms with E-state index in [0.717, 1.165) is 5.56 Å². The maximum atomic E-state index is 9.79. The van der Waals surface area contributed by atoms with Gasteiger partial charge in [0.15, 0.2) is 0 Å². The first-order valence-corrected chi connectivity index (χ1v) is 5.97. The minimum atomic E-state index is -0.338. The zero-order valence-electron chi connectivity index (χ0n) is 10.7. The summed E-state index contributed by atoms with van der Waals surface area (Å²) in [7, 11) is 0. The number of aliphatic hydroxyl groups is 1. The number of hydrogen-bond donors (Lipinski definition) is 2. The molecule has 0 fully saturated rings. The Kier molecular flexibility index (Phi) is 4.51. The van der Waals surface area contributed by atoms with Crippen molar-refractivity contribution in [1.29, 1.82) is 0 Å². The van der Waals surface area contributed by atoms with E-state index in [4.69, 9.17) is 0 Å². The molecule has 1 aromatic rings. The minimum Gasteiger partial charge on any atom is -0.394 e. The molecule has 0 spiro atoms. The summed E-state index contributed by atoms with van der Waals surface area (Å²) in [5.41, 5.74) is 0.816. The predicted octanol–water partition coefficient (Wildman–Crippen LogP) is 2.53. The molecule has 16 heavy (non-hydrogen) atoms. The molecule has 1 atom stereocenters. The molecule has 2 N–H and O–H groups in total. The van der Waals surface area contributed by atoms with Crippen LogP contribution in [0.2, 0.25) is 0 Å². The average Bonchev–Trinajstić information content (AvgIpc) is 2.26. The second kappa shape index (κ2) is 5.46. The van der Waals surface area contributed by atoms with Crippen molar-refractivity contribution >= 4 is 0 Å². The largest absolute Gasteiger partial charge is 0.394 e. The van der Waals surface area contributed by atoms with Crippen LogP contribution in [0.25, 0.3) is 0 Å². The molecule has 0 saturated carbocycles.